The van der Waals surface area contributed by atoms with Gasteiger partial charge in [0.15, 0.2) is 0 Å². The predicted octanol–water partition coefficient (Wildman–Crippen LogP) is 2.71. The fraction of sp³-hybridized carbons (Fsp3) is 0.538. The number of thiol groups is 1. The van der Waals surface area contributed by atoms with Crippen LogP contribution in [0.4, 0.5) is 0 Å². The first-order chi connectivity index (χ1) is 7.13. The summed E-state index contributed by atoms with van der Waals surface area (Å²) in [4.78, 5) is 2.33. The minimum atomic E-state index is 0.934. The second-order valence-corrected chi connectivity index (χ2v) is 4.65. The standard InChI is InChI=1S/C13H21NS/c1-11-4-5-12(2)13(10-11)6-7-14(3)8-9-15/h4-5,10,15H,6-9H2,1-3H3. The molecule has 0 heterocycles. The van der Waals surface area contributed by atoms with E-state index in [1.54, 1.807) is 0 Å². The highest BCUT2D eigenvalue weighted by Crippen LogP contribution is 2.11. The Kier molecular flexibility index (Phi) is 5.20. The number of rotatable bonds is 5. The van der Waals surface area contributed by atoms with Crippen LogP contribution < -0.4 is 0 Å². The molecule has 0 radical (unpaired) electrons. The van der Waals surface area contributed by atoms with Crippen LogP contribution >= 0.6 is 12.6 Å². The highest BCUT2D eigenvalue weighted by molar-refractivity contribution is 7.80. The van der Waals surface area contributed by atoms with Gasteiger partial charge in [-0.05, 0) is 38.4 Å². The number of hydrogen-bond donors (Lipinski definition) is 1. The average Bonchev–Trinajstić information content (AvgIpc) is 2.20. The molecule has 1 rings (SSSR count). The molecule has 0 N–H and O–H groups in total. The lowest BCUT2D eigenvalue weighted by molar-refractivity contribution is 0.360. The van der Waals surface area contributed by atoms with Gasteiger partial charge in [0, 0.05) is 18.8 Å². The molecule has 1 aromatic carbocycles. The van der Waals surface area contributed by atoms with Crippen molar-refractivity contribution in [1.29, 1.82) is 0 Å². The highest BCUT2D eigenvalue weighted by atomic mass is 32.1. The average molecular weight is 223 g/mol. The van der Waals surface area contributed by atoms with Crippen molar-refractivity contribution in [2.75, 3.05) is 25.9 Å². The third kappa shape index (κ3) is 4.27. The van der Waals surface area contributed by atoms with Gasteiger partial charge in [-0.15, -0.1) is 0 Å². The Morgan fingerprint density at radius 2 is 1.93 bits per heavy atom. The van der Waals surface area contributed by atoms with Crippen LogP contribution in [0.15, 0.2) is 18.2 Å². The van der Waals surface area contributed by atoms with Gasteiger partial charge in [-0.1, -0.05) is 23.8 Å². The van der Waals surface area contributed by atoms with Crippen molar-refractivity contribution in [1.82, 2.24) is 4.90 Å². The molecule has 0 fully saturated rings. The summed E-state index contributed by atoms with van der Waals surface area (Å²) in [5.41, 5.74) is 4.23. The summed E-state index contributed by atoms with van der Waals surface area (Å²) >= 11 is 4.24. The normalized spacial score (nSPS) is 11.0. The summed E-state index contributed by atoms with van der Waals surface area (Å²) in [5.74, 6) is 0.934. The summed E-state index contributed by atoms with van der Waals surface area (Å²) in [7, 11) is 2.15. The smallest absolute Gasteiger partial charge is 0.00669 e. The summed E-state index contributed by atoms with van der Waals surface area (Å²) in [6.45, 7) is 6.52. The number of nitrogens with zero attached hydrogens (tertiary/aromatic N) is 1. The van der Waals surface area contributed by atoms with Gasteiger partial charge in [-0.3, -0.25) is 0 Å². The molecule has 0 atom stereocenters. The molecule has 0 spiro atoms. The SMILES string of the molecule is Cc1ccc(C)c(CCN(C)CCS)c1. The van der Waals surface area contributed by atoms with Crippen molar-refractivity contribution >= 4 is 12.6 Å². The highest BCUT2D eigenvalue weighted by Gasteiger charge is 2.01. The van der Waals surface area contributed by atoms with Gasteiger partial charge >= 0.3 is 0 Å². The lowest BCUT2D eigenvalue weighted by Gasteiger charge is -2.16. The number of likely N-dealkylation sites (N-methyl/N-ethyl adjacent to an activating group) is 1. The molecule has 0 aliphatic heterocycles. The molecular weight excluding hydrogens is 202 g/mol. The maximum atomic E-state index is 4.24. The molecule has 0 aromatic heterocycles. The molecule has 0 saturated heterocycles. The zero-order valence-corrected chi connectivity index (χ0v) is 10.8. The lowest BCUT2D eigenvalue weighted by atomic mass is 10.0. The molecule has 1 nitrogen and oxygen atoms in total. The molecule has 0 bridgehead atoms. The molecule has 1 aromatic rings. The first-order valence-electron chi connectivity index (χ1n) is 5.49. The van der Waals surface area contributed by atoms with Crippen LogP contribution in [0.25, 0.3) is 0 Å². The van der Waals surface area contributed by atoms with E-state index in [1.807, 2.05) is 0 Å². The maximum absolute atomic E-state index is 4.24. The van der Waals surface area contributed by atoms with Crippen LogP contribution in [-0.4, -0.2) is 30.8 Å². The van der Waals surface area contributed by atoms with Gasteiger partial charge < -0.3 is 4.90 Å². The fourth-order valence-electron chi connectivity index (χ4n) is 1.66. The number of hydrogen-bond acceptors (Lipinski definition) is 2. The molecular formula is C13H21NS. The first kappa shape index (κ1) is 12.6. The van der Waals surface area contributed by atoms with Crippen LogP contribution in [0.1, 0.15) is 16.7 Å². The molecule has 0 aliphatic rings. The van der Waals surface area contributed by atoms with Gasteiger partial charge in [-0.25, -0.2) is 0 Å². The Morgan fingerprint density at radius 1 is 1.20 bits per heavy atom. The van der Waals surface area contributed by atoms with Gasteiger partial charge in [0.1, 0.15) is 0 Å². The number of aryl methyl sites for hydroxylation is 2. The van der Waals surface area contributed by atoms with Crippen molar-refractivity contribution in [3.05, 3.63) is 34.9 Å². The molecule has 15 heavy (non-hydrogen) atoms. The monoisotopic (exact) mass is 223 g/mol. The van der Waals surface area contributed by atoms with E-state index in [9.17, 15) is 0 Å². The second kappa shape index (κ2) is 6.19. The summed E-state index contributed by atoms with van der Waals surface area (Å²) in [6.07, 6.45) is 1.14. The van der Waals surface area contributed by atoms with E-state index in [1.165, 1.54) is 16.7 Å². The maximum Gasteiger partial charge on any atom is 0.00669 e. The molecule has 0 saturated carbocycles. The van der Waals surface area contributed by atoms with Gasteiger partial charge in [0.25, 0.3) is 0 Å². The third-order valence-electron chi connectivity index (χ3n) is 2.75. The van der Waals surface area contributed by atoms with Gasteiger partial charge in [-0.2, -0.15) is 12.6 Å². The van der Waals surface area contributed by atoms with E-state index in [-0.39, 0.29) is 0 Å². The predicted molar refractivity (Wildman–Crippen MR) is 71.0 cm³/mol. The molecule has 84 valence electrons. The van der Waals surface area contributed by atoms with Crippen LogP contribution in [0.5, 0.6) is 0 Å². The Balaban J connectivity index is 2.53. The van der Waals surface area contributed by atoms with Crippen molar-refractivity contribution in [2.24, 2.45) is 0 Å². The summed E-state index contributed by atoms with van der Waals surface area (Å²) in [5, 5.41) is 0. The zero-order chi connectivity index (χ0) is 11.3. The van der Waals surface area contributed by atoms with Crippen LogP contribution in [0.2, 0.25) is 0 Å². The minimum absolute atomic E-state index is 0.934. The quantitative estimate of drug-likeness (QED) is 0.751. The van der Waals surface area contributed by atoms with Crippen LogP contribution in [-0.2, 0) is 6.42 Å². The number of benzene rings is 1. The largest absolute Gasteiger partial charge is 0.305 e. The van der Waals surface area contributed by atoms with Crippen LogP contribution in [0, 0.1) is 13.8 Å². The van der Waals surface area contributed by atoms with E-state index in [4.69, 9.17) is 0 Å². The van der Waals surface area contributed by atoms with Gasteiger partial charge in [0.2, 0.25) is 0 Å². The molecule has 0 amide bonds. The first-order valence-corrected chi connectivity index (χ1v) is 6.12. The van der Waals surface area contributed by atoms with E-state index < -0.39 is 0 Å². The topological polar surface area (TPSA) is 3.24 Å². The molecule has 0 unspecified atom stereocenters. The second-order valence-electron chi connectivity index (χ2n) is 4.21. The van der Waals surface area contributed by atoms with E-state index >= 15 is 0 Å². The van der Waals surface area contributed by atoms with Crippen LogP contribution in [0.3, 0.4) is 0 Å². The molecule has 0 aliphatic carbocycles. The van der Waals surface area contributed by atoms with Gasteiger partial charge in [0.05, 0.1) is 0 Å². The van der Waals surface area contributed by atoms with Crippen molar-refractivity contribution < 1.29 is 0 Å². The molecule has 2 heteroatoms. The van der Waals surface area contributed by atoms with E-state index in [0.717, 1.165) is 25.3 Å². The summed E-state index contributed by atoms with van der Waals surface area (Å²) < 4.78 is 0. The van der Waals surface area contributed by atoms with E-state index in [0.29, 0.717) is 0 Å². The Morgan fingerprint density at radius 3 is 2.60 bits per heavy atom. The lowest BCUT2D eigenvalue weighted by Crippen LogP contribution is -2.23. The zero-order valence-electron chi connectivity index (χ0n) is 9.95. The Hall–Kier alpha value is -0.470. The minimum Gasteiger partial charge on any atom is -0.305 e. The summed E-state index contributed by atoms with van der Waals surface area (Å²) in [6, 6.07) is 6.68. The Labute approximate surface area is 98.9 Å². The van der Waals surface area contributed by atoms with Crippen molar-refractivity contribution in [3.63, 3.8) is 0 Å². The van der Waals surface area contributed by atoms with E-state index in [2.05, 4.69) is 56.6 Å². The third-order valence-corrected chi connectivity index (χ3v) is 2.95. The van der Waals surface area contributed by atoms with Crippen molar-refractivity contribution in [3.8, 4) is 0 Å². The van der Waals surface area contributed by atoms with Crippen molar-refractivity contribution in [2.45, 2.75) is 20.3 Å². The Bertz CT molecular complexity index is 309. The fourth-order valence-corrected chi connectivity index (χ4v) is 2.00.